The highest BCUT2D eigenvalue weighted by atomic mass is 15.0. The largest absolute Gasteiger partial charge is 0.313 e. The van der Waals surface area contributed by atoms with Crippen LogP contribution in [0.3, 0.4) is 0 Å². The Morgan fingerprint density at radius 1 is 0.471 bits per heavy atom. The van der Waals surface area contributed by atoms with Crippen molar-refractivity contribution in [2.24, 2.45) is 0 Å². The summed E-state index contributed by atoms with van der Waals surface area (Å²) in [5.74, 6) is 0.441. The molecule has 8 aromatic rings. The number of benzene rings is 6. The first-order valence-electron chi connectivity index (χ1n) is 18.3. The first-order chi connectivity index (χ1) is 25.3. The summed E-state index contributed by atoms with van der Waals surface area (Å²) in [6.45, 7) is 2.38. The predicted molar refractivity (Wildman–Crippen MR) is 217 cm³/mol. The number of aromatic nitrogens is 2. The molecule has 2 aliphatic carbocycles. The van der Waals surface area contributed by atoms with Gasteiger partial charge in [0, 0.05) is 44.7 Å². The van der Waals surface area contributed by atoms with Gasteiger partial charge in [0.15, 0.2) is 0 Å². The molecule has 0 saturated heterocycles. The molecule has 0 spiro atoms. The van der Waals surface area contributed by atoms with Gasteiger partial charge in [-0.1, -0.05) is 140 Å². The van der Waals surface area contributed by atoms with Crippen LogP contribution in [0.5, 0.6) is 0 Å². The fourth-order valence-corrected chi connectivity index (χ4v) is 8.82. The van der Waals surface area contributed by atoms with Crippen molar-refractivity contribution in [3.8, 4) is 39.1 Å². The lowest BCUT2D eigenvalue weighted by Gasteiger charge is -2.21. The monoisotopic (exact) mass is 654 g/mol. The summed E-state index contributed by atoms with van der Waals surface area (Å²) < 4.78 is 4.96. The minimum atomic E-state index is 0.441. The standard InChI is InChI=1S/C49H38N2/c1-33-17-14-29-43-48-41(28-16-32-46(48)51(49(33)43)35-20-6-3-7-21-35)39-25-11-9-23-37(39)36-22-8-10-24-38(36)40-27-15-31-45-47(40)42-26-12-13-30-44(42)50(45)34-18-4-2-5-19-34/h2,4-6,8-16,18-33H,3,7,17H2,1H3. The van der Waals surface area contributed by atoms with Gasteiger partial charge in [0.25, 0.3) is 0 Å². The summed E-state index contributed by atoms with van der Waals surface area (Å²) in [4.78, 5) is 0. The molecule has 1 unspecified atom stereocenters. The third-order valence-corrected chi connectivity index (χ3v) is 11.0. The van der Waals surface area contributed by atoms with E-state index in [1.54, 1.807) is 0 Å². The molecule has 0 aliphatic heterocycles. The molecule has 1 atom stereocenters. The molecule has 2 heteroatoms. The third kappa shape index (κ3) is 4.63. The predicted octanol–water partition coefficient (Wildman–Crippen LogP) is 13.5. The van der Waals surface area contributed by atoms with Crippen LogP contribution in [0.25, 0.3) is 83.5 Å². The summed E-state index contributed by atoms with van der Waals surface area (Å²) in [5.41, 5.74) is 16.5. The lowest BCUT2D eigenvalue weighted by Crippen LogP contribution is -2.08. The molecule has 0 saturated carbocycles. The lowest BCUT2D eigenvalue weighted by molar-refractivity contribution is 0.727. The smallest absolute Gasteiger partial charge is 0.0547 e. The van der Waals surface area contributed by atoms with E-state index >= 15 is 0 Å². The Morgan fingerprint density at radius 2 is 1.04 bits per heavy atom. The Hall–Kier alpha value is -6.12. The number of nitrogens with zero attached hydrogens (tertiary/aromatic N) is 2. The van der Waals surface area contributed by atoms with Crippen LogP contribution in [-0.2, 0) is 0 Å². The van der Waals surface area contributed by atoms with Crippen molar-refractivity contribution in [3.63, 3.8) is 0 Å². The van der Waals surface area contributed by atoms with Gasteiger partial charge in [-0.3, -0.25) is 0 Å². The number of fused-ring (bicyclic) bond motifs is 6. The molecular formula is C49H38N2. The Kier molecular flexibility index (Phi) is 7.02. The molecule has 2 aromatic heterocycles. The average Bonchev–Trinajstić information content (AvgIpc) is 3.73. The molecule has 0 N–H and O–H groups in total. The first kappa shape index (κ1) is 29.8. The highest BCUT2D eigenvalue weighted by molar-refractivity contribution is 6.17. The summed E-state index contributed by atoms with van der Waals surface area (Å²) in [5, 5.41) is 3.89. The van der Waals surface area contributed by atoms with E-state index in [-0.39, 0.29) is 0 Å². The van der Waals surface area contributed by atoms with Gasteiger partial charge in [-0.15, -0.1) is 0 Å². The Balaban J connectivity index is 1.23. The Bertz CT molecular complexity index is 2730. The molecule has 0 amide bonds. The molecule has 244 valence electrons. The minimum Gasteiger partial charge on any atom is -0.313 e. The van der Waals surface area contributed by atoms with Crippen molar-refractivity contribution in [1.82, 2.24) is 9.13 Å². The second-order valence-electron chi connectivity index (χ2n) is 14.0. The van der Waals surface area contributed by atoms with Crippen LogP contribution in [0.1, 0.15) is 43.4 Å². The van der Waals surface area contributed by atoms with Crippen LogP contribution in [0.2, 0.25) is 0 Å². The molecule has 6 aromatic carbocycles. The van der Waals surface area contributed by atoms with Crippen LogP contribution >= 0.6 is 0 Å². The molecular weight excluding hydrogens is 617 g/mol. The van der Waals surface area contributed by atoms with Crippen molar-refractivity contribution in [2.75, 3.05) is 0 Å². The summed E-state index contributed by atoms with van der Waals surface area (Å²) >= 11 is 0. The maximum absolute atomic E-state index is 2.55. The average molecular weight is 655 g/mol. The highest BCUT2D eigenvalue weighted by Crippen LogP contribution is 2.47. The van der Waals surface area contributed by atoms with Crippen LogP contribution in [0.4, 0.5) is 0 Å². The summed E-state index contributed by atoms with van der Waals surface area (Å²) in [6, 6.07) is 51.3. The van der Waals surface area contributed by atoms with Gasteiger partial charge in [-0.05, 0) is 89.1 Å². The maximum atomic E-state index is 2.55. The van der Waals surface area contributed by atoms with E-state index in [0.29, 0.717) is 5.92 Å². The molecule has 0 fully saturated rings. The van der Waals surface area contributed by atoms with Crippen molar-refractivity contribution in [2.45, 2.75) is 32.1 Å². The number of para-hydroxylation sites is 2. The minimum absolute atomic E-state index is 0.441. The normalized spacial score (nSPS) is 15.5. The SMILES string of the molecule is CC1CC=Cc2c1n(C1=CCCC=C1)c1cccc(-c3ccccc3-c3ccccc3-c3cccc4c3c3ccccc3n4-c3ccccc3)c21. The molecule has 51 heavy (non-hydrogen) atoms. The van der Waals surface area contributed by atoms with E-state index in [1.165, 1.54) is 88.7 Å². The second kappa shape index (κ2) is 12.0. The number of hydrogen-bond acceptors (Lipinski definition) is 0. The third-order valence-electron chi connectivity index (χ3n) is 11.0. The Morgan fingerprint density at radius 3 is 1.73 bits per heavy atom. The zero-order valence-corrected chi connectivity index (χ0v) is 28.8. The number of allylic oxidation sites excluding steroid dienone is 5. The molecule has 2 heterocycles. The van der Waals surface area contributed by atoms with Crippen molar-refractivity contribution < 1.29 is 0 Å². The summed E-state index contributed by atoms with van der Waals surface area (Å²) in [7, 11) is 0. The molecule has 2 aliphatic rings. The quantitative estimate of drug-likeness (QED) is 0.175. The fourth-order valence-electron chi connectivity index (χ4n) is 8.82. The van der Waals surface area contributed by atoms with Crippen LogP contribution in [0, 0.1) is 0 Å². The zero-order valence-electron chi connectivity index (χ0n) is 28.8. The fraction of sp³-hybridized carbons (Fsp3) is 0.102. The maximum Gasteiger partial charge on any atom is 0.0547 e. The molecule has 0 radical (unpaired) electrons. The van der Waals surface area contributed by atoms with Gasteiger partial charge in [-0.25, -0.2) is 0 Å². The van der Waals surface area contributed by atoms with E-state index in [1.807, 2.05) is 0 Å². The van der Waals surface area contributed by atoms with Crippen molar-refractivity contribution in [3.05, 3.63) is 175 Å². The van der Waals surface area contributed by atoms with Gasteiger partial charge < -0.3 is 9.13 Å². The zero-order chi connectivity index (χ0) is 33.9. The summed E-state index contributed by atoms with van der Waals surface area (Å²) in [6.07, 6.45) is 15.1. The van der Waals surface area contributed by atoms with Crippen LogP contribution in [-0.4, -0.2) is 9.13 Å². The van der Waals surface area contributed by atoms with Crippen LogP contribution in [0.15, 0.2) is 164 Å². The highest BCUT2D eigenvalue weighted by Gasteiger charge is 2.27. The Labute approximate surface area is 298 Å². The number of hydrogen-bond donors (Lipinski definition) is 0. The number of rotatable bonds is 5. The van der Waals surface area contributed by atoms with Gasteiger partial charge >= 0.3 is 0 Å². The first-order valence-corrected chi connectivity index (χ1v) is 18.3. The molecule has 2 nitrogen and oxygen atoms in total. The van der Waals surface area contributed by atoms with Gasteiger partial charge in [0.2, 0.25) is 0 Å². The van der Waals surface area contributed by atoms with Crippen LogP contribution < -0.4 is 0 Å². The lowest BCUT2D eigenvalue weighted by atomic mass is 9.86. The van der Waals surface area contributed by atoms with E-state index in [2.05, 4.69) is 186 Å². The van der Waals surface area contributed by atoms with E-state index in [9.17, 15) is 0 Å². The topological polar surface area (TPSA) is 9.86 Å². The molecule has 0 bridgehead atoms. The van der Waals surface area contributed by atoms with Gasteiger partial charge in [-0.2, -0.15) is 0 Å². The molecule has 10 rings (SSSR count). The van der Waals surface area contributed by atoms with E-state index < -0.39 is 0 Å². The van der Waals surface area contributed by atoms with Crippen molar-refractivity contribution in [1.29, 1.82) is 0 Å². The van der Waals surface area contributed by atoms with E-state index in [0.717, 1.165) is 19.3 Å². The van der Waals surface area contributed by atoms with Gasteiger partial charge in [0.05, 0.1) is 16.6 Å². The van der Waals surface area contributed by atoms with Crippen molar-refractivity contribution >= 4 is 44.5 Å². The van der Waals surface area contributed by atoms with Gasteiger partial charge in [0.1, 0.15) is 0 Å². The van der Waals surface area contributed by atoms with E-state index in [4.69, 9.17) is 0 Å². The second-order valence-corrected chi connectivity index (χ2v) is 14.0.